The molecule has 3 N–H and O–H groups in total. The number of carbonyl (C=O) groups is 4. The van der Waals surface area contributed by atoms with Gasteiger partial charge in [0.25, 0.3) is 0 Å². The van der Waals surface area contributed by atoms with Gasteiger partial charge in [0.2, 0.25) is 0 Å². The van der Waals surface area contributed by atoms with Gasteiger partial charge in [-0.3, -0.25) is 19.3 Å². The lowest BCUT2D eigenvalue weighted by Crippen LogP contribution is -2.61. The fraction of sp³-hybridized carbons (Fsp3) is 0.524. The van der Waals surface area contributed by atoms with E-state index in [1.165, 1.54) is 11.8 Å². The Morgan fingerprint density at radius 3 is 2.66 bits per heavy atom. The molecule has 0 aromatic heterocycles. The predicted octanol–water partition coefficient (Wildman–Crippen LogP) is -0.110. The van der Waals surface area contributed by atoms with E-state index in [1.54, 1.807) is 6.92 Å². The molecular formula is C21H28BN3O7. The van der Waals surface area contributed by atoms with Crippen molar-refractivity contribution >= 4 is 30.7 Å². The average Bonchev–Trinajstić information content (AvgIpc) is 2.74. The molecule has 0 aliphatic carbocycles. The van der Waals surface area contributed by atoms with Gasteiger partial charge in [0.15, 0.2) is 5.78 Å². The minimum atomic E-state index is -1.30. The number of aliphatic hydroxyl groups is 1. The molecule has 0 bridgehead atoms. The van der Waals surface area contributed by atoms with Crippen LogP contribution in [0, 0.1) is 6.92 Å². The fourth-order valence-corrected chi connectivity index (χ4v) is 4.05. The largest absolute Gasteiger partial charge is 0.536 e. The van der Waals surface area contributed by atoms with Crippen LogP contribution in [0.25, 0.3) is 0 Å². The Hall–Kier alpha value is -2.92. The molecule has 2 heterocycles. The quantitative estimate of drug-likeness (QED) is 0.411. The number of carbonyl (C=O) groups excluding carboxylic acids is 4. The molecule has 1 aromatic carbocycles. The first-order valence-corrected chi connectivity index (χ1v) is 10.7. The summed E-state index contributed by atoms with van der Waals surface area (Å²) in [6.45, 7) is 5.48. The number of imide groups is 1. The summed E-state index contributed by atoms with van der Waals surface area (Å²) in [7, 11) is -1.21. The predicted molar refractivity (Wildman–Crippen MR) is 115 cm³/mol. The number of aliphatic hydroxyl groups excluding tert-OH is 1. The van der Waals surface area contributed by atoms with Crippen LogP contribution >= 0.6 is 0 Å². The summed E-state index contributed by atoms with van der Waals surface area (Å²) in [5, 5.41) is 22.9. The van der Waals surface area contributed by atoms with Gasteiger partial charge in [-0.1, -0.05) is 18.2 Å². The van der Waals surface area contributed by atoms with Gasteiger partial charge in [-0.2, -0.15) is 0 Å². The van der Waals surface area contributed by atoms with E-state index in [4.69, 9.17) is 4.65 Å². The monoisotopic (exact) mass is 445 g/mol. The number of nitrogens with one attached hydrogen (secondary N) is 1. The Labute approximate surface area is 186 Å². The molecular weight excluding hydrogens is 417 g/mol. The third-order valence-corrected chi connectivity index (χ3v) is 5.92. The minimum Gasteiger partial charge on any atom is -0.536 e. The Morgan fingerprint density at radius 2 is 2.00 bits per heavy atom. The molecule has 0 unspecified atom stereocenters. The molecule has 0 spiro atoms. The van der Waals surface area contributed by atoms with Crippen molar-refractivity contribution in [3.8, 4) is 5.75 Å². The maximum absolute atomic E-state index is 12.9. The van der Waals surface area contributed by atoms with Gasteiger partial charge in [-0.05, 0) is 38.3 Å². The Kier molecular flexibility index (Phi) is 7.20. The molecule has 1 fully saturated rings. The number of benzene rings is 1. The topological polar surface area (TPSA) is 136 Å². The van der Waals surface area contributed by atoms with Gasteiger partial charge in [0, 0.05) is 31.9 Å². The second-order valence-corrected chi connectivity index (χ2v) is 8.22. The highest BCUT2D eigenvalue weighted by atomic mass is 16.5. The van der Waals surface area contributed by atoms with Crippen molar-refractivity contribution in [1.29, 1.82) is 0 Å². The first-order chi connectivity index (χ1) is 15.1. The van der Waals surface area contributed by atoms with E-state index in [1.807, 2.05) is 25.1 Å². The third kappa shape index (κ3) is 4.78. The summed E-state index contributed by atoms with van der Waals surface area (Å²) < 4.78 is 5.60. The number of urea groups is 1. The number of rotatable bonds is 6. The fourth-order valence-electron chi connectivity index (χ4n) is 4.05. The van der Waals surface area contributed by atoms with E-state index >= 15 is 0 Å². The number of Topliss-reactive ketones (excluding diaryl/α,β-unsaturated/α-hetero) is 1. The molecule has 1 aromatic rings. The van der Waals surface area contributed by atoms with Crippen molar-refractivity contribution in [3.05, 3.63) is 29.3 Å². The molecule has 1 saturated heterocycles. The van der Waals surface area contributed by atoms with Crippen LogP contribution in [0.3, 0.4) is 0 Å². The number of piperazine rings is 1. The van der Waals surface area contributed by atoms with Crippen LogP contribution < -0.4 is 9.97 Å². The van der Waals surface area contributed by atoms with Crippen LogP contribution in [0.4, 0.5) is 4.79 Å². The maximum Gasteiger partial charge on any atom is 0.526 e. The van der Waals surface area contributed by atoms with E-state index in [0.29, 0.717) is 18.7 Å². The lowest BCUT2D eigenvalue weighted by atomic mass is 9.64. The number of fused-ring (bicyclic) bond motifs is 1. The standard InChI is InChI=1S/C21H28BN3O7/c1-4-24-8-9-25(20(29)19(24)28)21(30)23-17(13(3)26)16(27)11-15-10-14-7-5-6-12(2)18(14)32-22(15)31/h5-7,13,15,17,26,31H,4,8-11H2,1-3H3,(H,23,30)/t13-,15+,17+/m0/s1. The van der Waals surface area contributed by atoms with Crippen molar-refractivity contribution < 1.29 is 34.0 Å². The molecule has 3 rings (SSSR count). The van der Waals surface area contributed by atoms with Gasteiger partial charge < -0.3 is 25.0 Å². The summed E-state index contributed by atoms with van der Waals surface area (Å²) in [6.07, 6.45) is -0.998. The second kappa shape index (κ2) is 9.70. The molecule has 0 radical (unpaired) electrons. The normalized spacial score (nSPS) is 20.4. The van der Waals surface area contributed by atoms with Crippen LogP contribution in [-0.4, -0.2) is 82.5 Å². The molecule has 4 amide bonds. The third-order valence-electron chi connectivity index (χ3n) is 5.92. The summed E-state index contributed by atoms with van der Waals surface area (Å²) in [5.74, 6) is -2.24. The van der Waals surface area contributed by atoms with Crippen molar-refractivity contribution in [2.75, 3.05) is 19.6 Å². The van der Waals surface area contributed by atoms with Crippen molar-refractivity contribution in [2.24, 2.45) is 0 Å². The molecule has 32 heavy (non-hydrogen) atoms. The molecule has 10 nitrogen and oxygen atoms in total. The molecule has 2 aliphatic heterocycles. The van der Waals surface area contributed by atoms with E-state index in [-0.39, 0.29) is 19.5 Å². The van der Waals surface area contributed by atoms with E-state index < -0.39 is 48.7 Å². The Bertz CT molecular complexity index is 923. The van der Waals surface area contributed by atoms with Gasteiger partial charge >= 0.3 is 25.0 Å². The van der Waals surface area contributed by atoms with Gasteiger partial charge in [-0.15, -0.1) is 0 Å². The Balaban J connectivity index is 1.67. The van der Waals surface area contributed by atoms with Gasteiger partial charge in [0.1, 0.15) is 11.8 Å². The van der Waals surface area contributed by atoms with Crippen molar-refractivity contribution in [3.63, 3.8) is 0 Å². The highest BCUT2D eigenvalue weighted by Crippen LogP contribution is 2.36. The van der Waals surface area contributed by atoms with Gasteiger partial charge in [0.05, 0.1) is 6.10 Å². The second-order valence-electron chi connectivity index (χ2n) is 8.22. The maximum atomic E-state index is 12.9. The highest BCUT2D eigenvalue weighted by molar-refractivity contribution is 6.46. The first-order valence-electron chi connectivity index (χ1n) is 10.7. The van der Waals surface area contributed by atoms with Crippen molar-refractivity contribution in [1.82, 2.24) is 15.1 Å². The van der Waals surface area contributed by atoms with Crippen LogP contribution in [0.1, 0.15) is 31.4 Å². The zero-order valence-electron chi connectivity index (χ0n) is 18.4. The molecule has 0 saturated carbocycles. The van der Waals surface area contributed by atoms with E-state index in [2.05, 4.69) is 5.32 Å². The molecule has 172 valence electrons. The average molecular weight is 445 g/mol. The number of nitrogens with zero attached hydrogens (tertiary/aromatic N) is 2. The zero-order chi connectivity index (χ0) is 23.6. The number of aryl methyl sites for hydroxylation is 1. The zero-order valence-corrected chi connectivity index (χ0v) is 18.4. The number of hydrogen-bond acceptors (Lipinski definition) is 7. The summed E-state index contributed by atoms with van der Waals surface area (Å²) in [5.41, 5.74) is 1.74. The van der Waals surface area contributed by atoms with Gasteiger partial charge in [-0.25, -0.2) is 4.79 Å². The molecule has 3 atom stereocenters. The van der Waals surface area contributed by atoms with Crippen LogP contribution in [-0.2, 0) is 20.8 Å². The van der Waals surface area contributed by atoms with E-state index in [9.17, 15) is 29.3 Å². The summed E-state index contributed by atoms with van der Waals surface area (Å²) >= 11 is 0. The summed E-state index contributed by atoms with van der Waals surface area (Å²) in [4.78, 5) is 51.9. The number of ketones is 1. The lowest BCUT2D eigenvalue weighted by molar-refractivity contribution is -0.153. The smallest absolute Gasteiger partial charge is 0.526 e. The summed E-state index contributed by atoms with van der Waals surface area (Å²) in [6, 6.07) is 3.37. The first kappa shape index (κ1) is 23.7. The minimum absolute atomic E-state index is 0.00369. The molecule has 11 heteroatoms. The highest BCUT2D eigenvalue weighted by Gasteiger charge is 2.40. The number of likely N-dealkylation sites (N-methyl/N-ethyl adjacent to an activating group) is 1. The Morgan fingerprint density at radius 1 is 1.28 bits per heavy atom. The number of amides is 4. The number of hydrogen-bond donors (Lipinski definition) is 3. The SMILES string of the molecule is CCN1CCN(C(=O)N[C@@H](C(=O)C[C@H]2Cc3cccc(C)c3OB2O)[C@H](C)O)C(=O)C1=O. The van der Waals surface area contributed by atoms with Crippen LogP contribution in [0.2, 0.25) is 5.82 Å². The molecule has 2 aliphatic rings. The van der Waals surface area contributed by atoms with E-state index in [0.717, 1.165) is 16.0 Å². The lowest BCUT2D eigenvalue weighted by Gasteiger charge is -2.33. The number of para-hydroxylation sites is 1. The van der Waals surface area contributed by atoms with Crippen molar-refractivity contribution in [2.45, 2.75) is 51.6 Å². The van der Waals surface area contributed by atoms with Crippen LogP contribution in [0.15, 0.2) is 18.2 Å². The van der Waals surface area contributed by atoms with Crippen LogP contribution in [0.5, 0.6) is 5.75 Å².